The molecule has 0 amide bonds. The van der Waals surface area contributed by atoms with Crippen LogP contribution in [0.3, 0.4) is 0 Å². The molecule has 7 aromatic carbocycles. The summed E-state index contributed by atoms with van der Waals surface area (Å²) in [5.74, 6) is 0. The van der Waals surface area contributed by atoms with Crippen LogP contribution in [0.2, 0.25) is 13.1 Å². The van der Waals surface area contributed by atoms with Crippen LogP contribution in [0.5, 0.6) is 0 Å². The molecule has 2 heteroatoms. The number of hydrogen-bond acceptors (Lipinski definition) is 1. The second kappa shape index (κ2) is 12.7. The number of aromatic nitrogens is 1. The molecule has 1 nitrogen and oxygen atoms in total. The van der Waals surface area contributed by atoms with E-state index in [0.29, 0.717) is 0 Å². The molecule has 8 aromatic rings. The van der Waals surface area contributed by atoms with Crippen LogP contribution in [0.15, 0.2) is 188 Å². The van der Waals surface area contributed by atoms with E-state index in [1.54, 1.807) is 10.4 Å². The first-order valence-corrected chi connectivity index (χ1v) is 20.7. The van der Waals surface area contributed by atoms with Gasteiger partial charge in [0.05, 0.1) is 11.4 Å². The van der Waals surface area contributed by atoms with E-state index in [2.05, 4.69) is 195 Å². The van der Waals surface area contributed by atoms with E-state index >= 15 is 0 Å². The molecule has 0 bridgehead atoms. The monoisotopic (exact) mass is 667 g/mol. The standard InChI is InChI=1S/C49H37NSi/c1-51(2)48-22-10-9-19-44(48)45-21-12-20-43(49(45)51)37-27-23-35(24-28-37)40-17-11-18-41(31-40)36-25-29-39(30-26-36)47-33-42(34-13-5-3-6-14-34)32-46(50-47)38-15-7-4-8-16-38/h3-33H,1-2H3. The number of hydrogen-bond donors (Lipinski definition) is 0. The Balaban J connectivity index is 1.01. The van der Waals surface area contributed by atoms with Gasteiger partial charge in [-0.3, -0.25) is 0 Å². The van der Waals surface area contributed by atoms with Crippen molar-refractivity contribution in [3.8, 4) is 78.1 Å². The minimum atomic E-state index is -1.80. The number of benzene rings is 7. The van der Waals surface area contributed by atoms with Gasteiger partial charge in [0.2, 0.25) is 0 Å². The third-order valence-corrected chi connectivity index (χ3v) is 14.1. The van der Waals surface area contributed by atoms with E-state index < -0.39 is 8.07 Å². The van der Waals surface area contributed by atoms with Crippen molar-refractivity contribution in [3.63, 3.8) is 0 Å². The summed E-state index contributed by atoms with van der Waals surface area (Å²) >= 11 is 0. The minimum absolute atomic E-state index is 0.967. The first-order chi connectivity index (χ1) is 25.0. The smallest absolute Gasteiger partial charge is 0.114 e. The highest BCUT2D eigenvalue weighted by atomic mass is 28.3. The number of fused-ring (bicyclic) bond motifs is 3. The van der Waals surface area contributed by atoms with Gasteiger partial charge in [0.15, 0.2) is 0 Å². The van der Waals surface area contributed by atoms with E-state index in [9.17, 15) is 0 Å². The maximum atomic E-state index is 5.12. The summed E-state index contributed by atoms with van der Waals surface area (Å²) in [7, 11) is -1.80. The van der Waals surface area contributed by atoms with Gasteiger partial charge in [0.25, 0.3) is 0 Å². The van der Waals surface area contributed by atoms with Crippen LogP contribution in [0.4, 0.5) is 0 Å². The van der Waals surface area contributed by atoms with E-state index in [0.717, 1.165) is 28.1 Å². The van der Waals surface area contributed by atoms with Crippen LogP contribution in [-0.4, -0.2) is 13.1 Å². The largest absolute Gasteiger partial charge is 0.248 e. The summed E-state index contributed by atoms with van der Waals surface area (Å²) in [6.45, 7) is 4.99. The SMILES string of the molecule is C[Si]1(C)c2ccccc2-c2cccc(-c3ccc(-c4cccc(-c5ccc(-c6cc(-c7ccccc7)cc(-c7ccccc7)n6)cc5)c4)cc3)c21. The van der Waals surface area contributed by atoms with Gasteiger partial charge in [0.1, 0.15) is 8.07 Å². The molecule has 9 rings (SSSR count). The lowest BCUT2D eigenvalue weighted by molar-refractivity contribution is 1.32. The lowest BCUT2D eigenvalue weighted by Gasteiger charge is -2.22. The first kappa shape index (κ1) is 30.9. The molecule has 242 valence electrons. The molecule has 0 radical (unpaired) electrons. The van der Waals surface area contributed by atoms with E-state index in [1.807, 2.05) is 6.07 Å². The Bertz CT molecular complexity index is 2460. The molecule has 51 heavy (non-hydrogen) atoms. The second-order valence-corrected chi connectivity index (χ2v) is 18.3. The van der Waals surface area contributed by atoms with Crippen molar-refractivity contribution in [3.05, 3.63) is 188 Å². The Kier molecular flexibility index (Phi) is 7.68. The summed E-state index contributed by atoms with van der Waals surface area (Å²) in [4.78, 5) is 5.12. The maximum Gasteiger partial charge on any atom is 0.114 e. The zero-order valence-electron chi connectivity index (χ0n) is 28.8. The Labute approximate surface area is 301 Å². The topological polar surface area (TPSA) is 12.9 Å². The highest BCUT2D eigenvalue weighted by Gasteiger charge is 2.39. The molecule has 1 aliphatic heterocycles. The summed E-state index contributed by atoms with van der Waals surface area (Å²) < 4.78 is 0. The lowest BCUT2D eigenvalue weighted by Crippen LogP contribution is -2.50. The summed E-state index contributed by atoms with van der Waals surface area (Å²) in [6.07, 6.45) is 0. The molecule has 0 fully saturated rings. The molecule has 0 saturated heterocycles. The molecule has 1 aromatic heterocycles. The number of nitrogens with zero attached hydrogens (tertiary/aromatic N) is 1. The summed E-state index contributed by atoms with van der Waals surface area (Å²) in [5, 5.41) is 3.10. The third-order valence-electron chi connectivity index (χ3n) is 10.5. The fraction of sp³-hybridized carbons (Fsp3) is 0.0408. The van der Waals surface area contributed by atoms with Gasteiger partial charge < -0.3 is 0 Å². The van der Waals surface area contributed by atoms with Gasteiger partial charge in [0, 0.05) is 11.1 Å². The Morgan fingerprint density at radius 2 is 0.745 bits per heavy atom. The predicted octanol–water partition coefficient (Wildman–Crippen LogP) is 11.9. The van der Waals surface area contributed by atoms with Crippen molar-refractivity contribution in [2.24, 2.45) is 0 Å². The summed E-state index contributed by atoms with van der Waals surface area (Å²) in [6, 6.07) is 68.1. The van der Waals surface area contributed by atoms with E-state index in [4.69, 9.17) is 4.98 Å². The minimum Gasteiger partial charge on any atom is -0.248 e. The van der Waals surface area contributed by atoms with Crippen molar-refractivity contribution >= 4 is 18.4 Å². The molecule has 0 aliphatic carbocycles. The average Bonchev–Trinajstić information content (AvgIpc) is 3.45. The van der Waals surface area contributed by atoms with Crippen LogP contribution < -0.4 is 10.4 Å². The summed E-state index contributed by atoms with van der Waals surface area (Å²) in [5.41, 5.74) is 16.8. The van der Waals surface area contributed by atoms with Gasteiger partial charge in [-0.05, 0) is 84.2 Å². The molecule has 2 heterocycles. The molecule has 0 unspecified atom stereocenters. The highest BCUT2D eigenvalue weighted by molar-refractivity contribution is 7.04. The fourth-order valence-corrected chi connectivity index (χ4v) is 11.3. The van der Waals surface area contributed by atoms with Crippen molar-refractivity contribution in [2.45, 2.75) is 13.1 Å². The zero-order chi connectivity index (χ0) is 34.4. The second-order valence-electron chi connectivity index (χ2n) is 14.0. The van der Waals surface area contributed by atoms with Gasteiger partial charge in [-0.15, -0.1) is 0 Å². The van der Waals surface area contributed by atoms with Crippen LogP contribution in [0, 0.1) is 0 Å². The van der Waals surface area contributed by atoms with Gasteiger partial charge in [-0.1, -0.05) is 183 Å². The molecule has 0 saturated carbocycles. The maximum absolute atomic E-state index is 5.12. The van der Waals surface area contributed by atoms with Crippen molar-refractivity contribution in [2.75, 3.05) is 0 Å². The van der Waals surface area contributed by atoms with E-state index in [-0.39, 0.29) is 0 Å². The third kappa shape index (κ3) is 5.64. The predicted molar refractivity (Wildman–Crippen MR) is 219 cm³/mol. The van der Waals surface area contributed by atoms with Crippen molar-refractivity contribution < 1.29 is 0 Å². The lowest BCUT2D eigenvalue weighted by atomic mass is 9.95. The Morgan fingerprint density at radius 1 is 0.314 bits per heavy atom. The van der Waals surface area contributed by atoms with Crippen molar-refractivity contribution in [1.29, 1.82) is 0 Å². The Morgan fingerprint density at radius 3 is 1.39 bits per heavy atom. The molecular formula is C49H37NSi. The number of pyridine rings is 1. The van der Waals surface area contributed by atoms with Gasteiger partial charge in [-0.25, -0.2) is 4.98 Å². The highest BCUT2D eigenvalue weighted by Crippen LogP contribution is 2.35. The van der Waals surface area contributed by atoms with Crippen LogP contribution in [0.1, 0.15) is 0 Å². The van der Waals surface area contributed by atoms with Crippen LogP contribution >= 0.6 is 0 Å². The van der Waals surface area contributed by atoms with Crippen molar-refractivity contribution in [1.82, 2.24) is 4.98 Å². The number of rotatable bonds is 6. The Hall–Kier alpha value is -6.09. The zero-order valence-corrected chi connectivity index (χ0v) is 29.8. The van der Waals surface area contributed by atoms with Gasteiger partial charge >= 0.3 is 0 Å². The van der Waals surface area contributed by atoms with Gasteiger partial charge in [-0.2, -0.15) is 0 Å². The van der Waals surface area contributed by atoms with Crippen LogP contribution in [-0.2, 0) is 0 Å². The molecule has 0 spiro atoms. The quantitative estimate of drug-likeness (QED) is 0.161. The van der Waals surface area contributed by atoms with Crippen LogP contribution in [0.25, 0.3) is 78.1 Å². The molecule has 1 aliphatic rings. The normalized spacial score (nSPS) is 12.7. The molecule has 0 N–H and O–H groups in total. The molecular weight excluding hydrogens is 631 g/mol. The molecule has 0 atom stereocenters. The fourth-order valence-electron chi connectivity index (χ4n) is 7.87. The van der Waals surface area contributed by atoms with E-state index in [1.165, 1.54) is 50.1 Å². The average molecular weight is 668 g/mol. The first-order valence-electron chi connectivity index (χ1n) is 17.7.